The van der Waals surface area contributed by atoms with Gasteiger partial charge in [-0.1, -0.05) is 26.0 Å². The summed E-state index contributed by atoms with van der Waals surface area (Å²) in [4.78, 5) is 8.77. The van der Waals surface area contributed by atoms with Gasteiger partial charge in [0, 0.05) is 32.7 Å². The summed E-state index contributed by atoms with van der Waals surface area (Å²) < 4.78 is 30.0. The van der Waals surface area contributed by atoms with Crippen molar-refractivity contribution in [3.05, 3.63) is 24.3 Å². The second-order valence-electron chi connectivity index (χ2n) is 6.80. The van der Waals surface area contributed by atoms with Crippen LogP contribution in [0.25, 0.3) is 0 Å². The molecule has 1 aromatic carbocycles. The molecule has 1 unspecified atom stereocenters. The molecule has 0 radical (unpaired) electrons. The third-order valence-corrected chi connectivity index (χ3v) is 5.01. The molecule has 1 aromatic rings. The molecular weight excluding hydrogens is 491 g/mol. The normalized spacial score (nSPS) is 16.9. The summed E-state index contributed by atoms with van der Waals surface area (Å²) >= 11 is 0. The molecule has 1 atom stereocenters. The summed E-state index contributed by atoms with van der Waals surface area (Å²) in [6.07, 6.45) is 1.96. The predicted octanol–water partition coefficient (Wildman–Crippen LogP) is 3.38. The summed E-state index contributed by atoms with van der Waals surface area (Å²) in [6, 6.07) is 7.15. The fourth-order valence-electron chi connectivity index (χ4n) is 3.45. The van der Waals surface area contributed by atoms with Crippen LogP contribution in [0.3, 0.4) is 0 Å². The first-order valence-corrected chi connectivity index (χ1v) is 10.1. The van der Waals surface area contributed by atoms with Gasteiger partial charge in [-0.15, -0.1) is 24.0 Å². The number of guanidine groups is 1. The van der Waals surface area contributed by atoms with E-state index in [1.165, 1.54) is 0 Å². The lowest BCUT2D eigenvalue weighted by molar-refractivity contribution is -0.0495. The van der Waals surface area contributed by atoms with Crippen LogP contribution in [0.15, 0.2) is 29.3 Å². The van der Waals surface area contributed by atoms with Gasteiger partial charge >= 0.3 is 6.61 Å². The number of ether oxygens (including phenoxy) is 1. The lowest BCUT2D eigenvalue weighted by Crippen LogP contribution is -2.45. The monoisotopic (exact) mass is 525 g/mol. The molecular formula is C20H34F2IN5O. The third kappa shape index (κ3) is 8.49. The Hall–Kier alpha value is -1.36. The molecule has 166 valence electrons. The smallest absolute Gasteiger partial charge is 0.387 e. The zero-order valence-corrected chi connectivity index (χ0v) is 19.9. The van der Waals surface area contributed by atoms with Crippen molar-refractivity contribution in [3.8, 4) is 5.75 Å². The first-order chi connectivity index (χ1) is 13.6. The molecule has 0 amide bonds. The SMILES string of the molecule is CCN(CC)CCCNC(=NC)NC1CCN(c2ccccc2OC(F)F)C1.I. The number of para-hydroxylation sites is 2. The standard InChI is InChI=1S/C20H33F2N5O.HI/c1-4-26(5-2)13-8-12-24-20(23-3)25-16-11-14-27(15-16)17-9-6-7-10-18(17)28-19(21)22;/h6-7,9-10,16,19H,4-5,8,11-15H2,1-3H3,(H2,23,24,25);1H. The number of aliphatic imine (C=N–C) groups is 1. The van der Waals surface area contributed by atoms with Gasteiger partial charge in [-0.05, 0) is 44.6 Å². The molecule has 1 aliphatic heterocycles. The highest BCUT2D eigenvalue weighted by Crippen LogP contribution is 2.31. The number of benzene rings is 1. The van der Waals surface area contributed by atoms with E-state index in [0.29, 0.717) is 12.2 Å². The van der Waals surface area contributed by atoms with Gasteiger partial charge in [0.15, 0.2) is 5.96 Å². The average Bonchev–Trinajstić information content (AvgIpc) is 3.15. The summed E-state index contributed by atoms with van der Waals surface area (Å²) in [5.74, 6) is 1.00. The Morgan fingerprint density at radius 2 is 2.03 bits per heavy atom. The van der Waals surface area contributed by atoms with Gasteiger partial charge in [0.05, 0.1) is 5.69 Å². The van der Waals surface area contributed by atoms with Gasteiger partial charge < -0.3 is 25.2 Å². The number of nitrogens with one attached hydrogen (secondary N) is 2. The first kappa shape index (κ1) is 25.7. The predicted molar refractivity (Wildman–Crippen MR) is 126 cm³/mol. The Labute approximate surface area is 190 Å². The molecule has 0 aliphatic carbocycles. The molecule has 1 heterocycles. The van der Waals surface area contributed by atoms with E-state index in [1.807, 2.05) is 12.1 Å². The molecule has 2 N–H and O–H groups in total. The molecule has 29 heavy (non-hydrogen) atoms. The maximum atomic E-state index is 12.6. The Balaban J connectivity index is 0.00000420. The molecule has 9 heteroatoms. The van der Waals surface area contributed by atoms with Gasteiger partial charge in [0.2, 0.25) is 0 Å². The maximum Gasteiger partial charge on any atom is 0.387 e. The van der Waals surface area contributed by atoms with E-state index in [4.69, 9.17) is 0 Å². The highest BCUT2D eigenvalue weighted by Gasteiger charge is 2.25. The number of hydrogen-bond donors (Lipinski definition) is 2. The minimum absolute atomic E-state index is 0. The van der Waals surface area contributed by atoms with Gasteiger partial charge in [-0.25, -0.2) is 0 Å². The number of nitrogens with zero attached hydrogens (tertiary/aromatic N) is 3. The van der Waals surface area contributed by atoms with Crippen LogP contribution in [0.1, 0.15) is 26.7 Å². The number of halogens is 3. The van der Waals surface area contributed by atoms with E-state index in [1.54, 1.807) is 19.2 Å². The Morgan fingerprint density at radius 3 is 2.69 bits per heavy atom. The Morgan fingerprint density at radius 1 is 1.31 bits per heavy atom. The van der Waals surface area contributed by atoms with E-state index in [0.717, 1.165) is 51.5 Å². The fraction of sp³-hybridized carbons (Fsp3) is 0.650. The highest BCUT2D eigenvalue weighted by molar-refractivity contribution is 14.0. The molecule has 6 nitrogen and oxygen atoms in total. The van der Waals surface area contributed by atoms with E-state index in [2.05, 4.69) is 44.0 Å². The van der Waals surface area contributed by atoms with Crippen molar-refractivity contribution < 1.29 is 13.5 Å². The summed E-state index contributed by atoms with van der Waals surface area (Å²) in [6.45, 7) is 7.08. The second-order valence-corrected chi connectivity index (χ2v) is 6.80. The summed E-state index contributed by atoms with van der Waals surface area (Å²) in [5, 5.41) is 6.80. The van der Waals surface area contributed by atoms with Crippen LogP contribution in [0, 0.1) is 0 Å². The van der Waals surface area contributed by atoms with Gasteiger partial charge in [0.1, 0.15) is 5.75 Å². The molecule has 2 rings (SSSR count). The Kier molecular flexibility index (Phi) is 12.2. The quantitative estimate of drug-likeness (QED) is 0.213. The minimum atomic E-state index is -2.82. The van der Waals surface area contributed by atoms with Gasteiger partial charge in [0.25, 0.3) is 0 Å². The van der Waals surface area contributed by atoms with Crippen molar-refractivity contribution in [1.82, 2.24) is 15.5 Å². The Bertz CT molecular complexity index is 616. The van der Waals surface area contributed by atoms with Crippen LogP contribution in [0.2, 0.25) is 0 Å². The van der Waals surface area contributed by atoms with Crippen LogP contribution in [0.4, 0.5) is 14.5 Å². The number of anilines is 1. The molecule has 0 spiro atoms. The summed E-state index contributed by atoms with van der Waals surface area (Å²) in [7, 11) is 1.76. The van der Waals surface area contributed by atoms with Crippen LogP contribution in [0.5, 0.6) is 5.75 Å². The molecule has 0 aromatic heterocycles. The van der Waals surface area contributed by atoms with E-state index in [9.17, 15) is 8.78 Å². The van der Waals surface area contributed by atoms with E-state index >= 15 is 0 Å². The summed E-state index contributed by atoms with van der Waals surface area (Å²) in [5.41, 5.74) is 0.703. The molecule has 1 fully saturated rings. The highest BCUT2D eigenvalue weighted by atomic mass is 127. The van der Waals surface area contributed by atoms with Crippen molar-refractivity contribution >= 4 is 35.6 Å². The lowest BCUT2D eigenvalue weighted by atomic mass is 10.2. The van der Waals surface area contributed by atoms with Crippen molar-refractivity contribution in [2.24, 2.45) is 4.99 Å². The van der Waals surface area contributed by atoms with Crippen LogP contribution >= 0.6 is 24.0 Å². The van der Waals surface area contributed by atoms with Crippen molar-refractivity contribution in [2.45, 2.75) is 39.3 Å². The lowest BCUT2D eigenvalue weighted by Gasteiger charge is -2.23. The van der Waals surface area contributed by atoms with Crippen LogP contribution in [-0.2, 0) is 0 Å². The number of rotatable bonds is 10. The van der Waals surface area contributed by atoms with Crippen LogP contribution in [-0.4, -0.2) is 69.8 Å². The van der Waals surface area contributed by atoms with E-state index in [-0.39, 0.29) is 35.8 Å². The molecule has 0 saturated carbocycles. The molecule has 0 bridgehead atoms. The van der Waals surface area contributed by atoms with Crippen molar-refractivity contribution in [3.63, 3.8) is 0 Å². The minimum Gasteiger partial charge on any atom is -0.433 e. The average molecular weight is 525 g/mol. The second kappa shape index (κ2) is 13.8. The zero-order valence-electron chi connectivity index (χ0n) is 17.5. The largest absolute Gasteiger partial charge is 0.433 e. The van der Waals surface area contributed by atoms with Crippen molar-refractivity contribution in [1.29, 1.82) is 0 Å². The fourth-order valence-corrected chi connectivity index (χ4v) is 3.45. The first-order valence-electron chi connectivity index (χ1n) is 10.1. The molecule has 1 saturated heterocycles. The van der Waals surface area contributed by atoms with Crippen molar-refractivity contribution in [2.75, 3.05) is 51.2 Å². The maximum absolute atomic E-state index is 12.6. The van der Waals surface area contributed by atoms with Gasteiger partial charge in [-0.2, -0.15) is 8.78 Å². The zero-order chi connectivity index (χ0) is 20.4. The van der Waals surface area contributed by atoms with E-state index < -0.39 is 6.61 Å². The topological polar surface area (TPSA) is 52.1 Å². The van der Waals surface area contributed by atoms with Crippen LogP contribution < -0.4 is 20.3 Å². The molecule has 1 aliphatic rings. The number of hydrogen-bond acceptors (Lipinski definition) is 4. The number of alkyl halides is 2. The third-order valence-electron chi connectivity index (χ3n) is 5.01. The van der Waals surface area contributed by atoms with Gasteiger partial charge in [-0.3, -0.25) is 4.99 Å².